The van der Waals surface area contributed by atoms with Gasteiger partial charge in [-0.2, -0.15) is 0 Å². The van der Waals surface area contributed by atoms with E-state index in [9.17, 15) is 0 Å². The highest BCUT2D eigenvalue weighted by molar-refractivity contribution is 5.27. The van der Waals surface area contributed by atoms with Crippen LogP contribution in [0.25, 0.3) is 0 Å². The number of hydrogen-bond acceptors (Lipinski definition) is 4. The van der Waals surface area contributed by atoms with E-state index in [1.54, 1.807) is 12.1 Å². The van der Waals surface area contributed by atoms with E-state index >= 15 is 0 Å². The molecule has 0 saturated carbocycles. The molecule has 0 amide bonds. The molecular weight excluding hydrogens is 154 g/mol. The monoisotopic (exact) mass is 167 g/mol. The van der Waals surface area contributed by atoms with Gasteiger partial charge in [-0.15, -0.1) is 10.2 Å². The second-order valence-electron chi connectivity index (χ2n) is 2.63. The van der Waals surface area contributed by atoms with E-state index < -0.39 is 0 Å². The molecule has 4 heteroatoms. The largest absolute Gasteiger partial charge is 0.474 e. The van der Waals surface area contributed by atoms with Crippen molar-refractivity contribution in [1.82, 2.24) is 10.2 Å². The van der Waals surface area contributed by atoms with Crippen LogP contribution in [0.2, 0.25) is 0 Å². The topological polar surface area (TPSA) is 61.0 Å². The Morgan fingerprint density at radius 1 is 1.50 bits per heavy atom. The van der Waals surface area contributed by atoms with Crippen LogP contribution in [0, 0.1) is 0 Å². The van der Waals surface area contributed by atoms with Crippen molar-refractivity contribution in [2.45, 2.75) is 26.4 Å². The van der Waals surface area contributed by atoms with Gasteiger partial charge in [0, 0.05) is 6.07 Å². The number of nitrogens with two attached hydrogens (primary N) is 1. The zero-order valence-electron chi connectivity index (χ0n) is 7.32. The van der Waals surface area contributed by atoms with Gasteiger partial charge in [-0.25, -0.2) is 0 Å². The summed E-state index contributed by atoms with van der Waals surface area (Å²) in [4.78, 5) is 0. The molecule has 0 aliphatic rings. The third-order valence-corrected chi connectivity index (χ3v) is 1.56. The predicted molar refractivity (Wildman–Crippen MR) is 46.8 cm³/mol. The maximum absolute atomic E-state index is 5.39. The fourth-order valence-electron chi connectivity index (χ4n) is 0.683. The van der Waals surface area contributed by atoms with E-state index in [-0.39, 0.29) is 6.10 Å². The minimum absolute atomic E-state index is 0.169. The molecule has 0 aliphatic carbocycles. The van der Waals surface area contributed by atoms with Crippen LogP contribution in [0.4, 0.5) is 5.82 Å². The zero-order chi connectivity index (χ0) is 8.97. The molecule has 1 aromatic rings. The molecule has 66 valence electrons. The van der Waals surface area contributed by atoms with E-state index in [1.165, 1.54) is 0 Å². The highest BCUT2D eigenvalue weighted by atomic mass is 16.5. The molecule has 1 rings (SSSR count). The van der Waals surface area contributed by atoms with E-state index in [1.807, 2.05) is 6.92 Å². The van der Waals surface area contributed by atoms with Gasteiger partial charge in [-0.3, -0.25) is 0 Å². The molecule has 1 unspecified atom stereocenters. The number of hydrogen-bond donors (Lipinski definition) is 1. The molecule has 0 saturated heterocycles. The second kappa shape index (κ2) is 3.90. The van der Waals surface area contributed by atoms with Gasteiger partial charge >= 0.3 is 0 Å². The van der Waals surface area contributed by atoms with Gasteiger partial charge in [-0.05, 0) is 19.4 Å². The lowest BCUT2D eigenvalue weighted by Gasteiger charge is -2.09. The first-order valence-corrected chi connectivity index (χ1v) is 3.98. The number of aromatic nitrogens is 2. The average molecular weight is 167 g/mol. The number of ether oxygens (including phenoxy) is 1. The fraction of sp³-hybridized carbons (Fsp3) is 0.500. The standard InChI is InChI=1S/C8H13N3O/c1-3-6(2)12-8-5-4-7(9)10-11-8/h4-6H,3H2,1-2H3,(H2,9,10). The zero-order valence-corrected chi connectivity index (χ0v) is 7.32. The van der Waals surface area contributed by atoms with Crippen LogP contribution in [0.5, 0.6) is 5.88 Å². The third-order valence-electron chi connectivity index (χ3n) is 1.56. The summed E-state index contributed by atoms with van der Waals surface area (Å²) in [6.45, 7) is 4.04. The molecule has 1 heterocycles. The van der Waals surface area contributed by atoms with Gasteiger partial charge in [0.05, 0.1) is 6.10 Å². The smallest absolute Gasteiger partial charge is 0.233 e. The molecule has 2 N–H and O–H groups in total. The molecule has 0 spiro atoms. The van der Waals surface area contributed by atoms with Crippen molar-refractivity contribution in [3.8, 4) is 5.88 Å². The first kappa shape index (κ1) is 8.77. The number of rotatable bonds is 3. The molecule has 0 aliphatic heterocycles. The second-order valence-corrected chi connectivity index (χ2v) is 2.63. The molecular formula is C8H13N3O. The molecule has 1 aromatic heterocycles. The number of nitrogen functional groups attached to an aromatic ring is 1. The Hall–Kier alpha value is -1.32. The maximum Gasteiger partial charge on any atom is 0.233 e. The lowest BCUT2D eigenvalue weighted by Crippen LogP contribution is -2.11. The SMILES string of the molecule is CCC(C)Oc1ccc(N)nn1. The van der Waals surface area contributed by atoms with Gasteiger partial charge in [0.2, 0.25) is 5.88 Å². The van der Waals surface area contributed by atoms with Crippen molar-refractivity contribution in [2.75, 3.05) is 5.73 Å². The normalized spacial score (nSPS) is 12.5. The van der Waals surface area contributed by atoms with Crippen LogP contribution in [0.1, 0.15) is 20.3 Å². The average Bonchev–Trinajstić information content (AvgIpc) is 2.09. The number of nitrogens with zero attached hydrogens (tertiary/aromatic N) is 2. The molecule has 4 nitrogen and oxygen atoms in total. The van der Waals surface area contributed by atoms with Gasteiger partial charge in [-0.1, -0.05) is 6.92 Å². The Morgan fingerprint density at radius 3 is 2.75 bits per heavy atom. The van der Waals surface area contributed by atoms with Crippen molar-refractivity contribution in [2.24, 2.45) is 0 Å². The molecule has 0 aromatic carbocycles. The van der Waals surface area contributed by atoms with Crippen LogP contribution in [0.3, 0.4) is 0 Å². The van der Waals surface area contributed by atoms with Crippen LogP contribution < -0.4 is 10.5 Å². The van der Waals surface area contributed by atoms with Crippen molar-refractivity contribution in [3.05, 3.63) is 12.1 Å². The Bertz CT molecular complexity index is 235. The summed E-state index contributed by atoms with van der Waals surface area (Å²) in [5.41, 5.74) is 5.36. The fourth-order valence-corrected chi connectivity index (χ4v) is 0.683. The quantitative estimate of drug-likeness (QED) is 0.735. The van der Waals surface area contributed by atoms with Gasteiger partial charge in [0.25, 0.3) is 0 Å². The lowest BCUT2D eigenvalue weighted by atomic mass is 10.3. The van der Waals surface area contributed by atoms with Crippen molar-refractivity contribution in [3.63, 3.8) is 0 Å². The summed E-state index contributed by atoms with van der Waals surface area (Å²) in [6, 6.07) is 3.39. The van der Waals surface area contributed by atoms with Crippen LogP contribution in [0.15, 0.2) is 12.1 Å². The minimum Gasteiger partial charge on any atom is -0.474 e. The van der Waals surface area contributed by atoms with Gasteiger partial charge in [0.1, 0.15) is 5.82 Å². The molecule has 0 radical (unpaired) electrons. The molecule has 0 fully saturated rings. The van der Waals surface area contributed by atoms with E-state index in [2.05, 4.69) is 17.1 Å². The van der Waals surface area contributed by atoms with Crippen molar-refractivity contribution in [1.29, 1.82) is 0 Å². The van der Waals surface area contributed by atoms with Crippen LogP contribution >= 0.6 is 0 Å². The number of anilines is 1. The summed E-state index contributed by atoms with van der Waals surface area (Å²) in [5.74, 6) is 0.935. The summed E-state index contributed by atoms with van der Waals surface area (Å²) < 4.78 is 5.39. The van der Waals surface area contributed by atoms with Crippen molar-refractivity contribution < 1.29 is 4.74 Å². The molecule has 12 heavy (non-hydrogen) atoms. The van der Waals surface area contributed by atoms with E-state index in [0.29, 0.717) is 11.7 Å². The molecule has 0 bridgehead atoms. The van der Waals surface area contributed by atoms with Crippen molar-refractivity contribution >= 4 is 5.82 Å². The summed E-state index contributed by atoms with van der Waals surface area (Å²) in [5, 5.41) is 7.44. The van der Waals surface area contributed by atoms with Crippen LogP contribution in [-0.2, 0) is 0 Å². The summed E-state index contributed by atoms with van der Waals surface area (Å²) >= 11 is 0. The summed E-state index contributed by atoms with van der Waals surface area (Å²) in [7, 11) is 0. The molecule has 1 atom stereocenters. The maximum atomic E-state index is 5.39. The highest BCUT2D eigenvalue weighted by Crippen LogP contribution is 2.08. The minimum atomic E-state index is 0.169. The third kappa shape index (κ3) is 2.38. The van der Waals surface area contributed by atoms with E-state index in [0.717, 1.165) is 6.42 Å². The first-order valence-electron chi connectivity index (χ1n) is 3.98. The van der Waals surface area contributed by atoms with Gasteiger partial charge < -0.3 is 10.5 Å². The van der Waals surface area contributed by atoms with Crippen LogP contribution in [-0.4, -0.2) is 16.3 Å². The van der Waals surface area contributed by atoms with Gasteiger partial charge in [0.15, 0.2) is 0 Å². The van der Waals surface area contributed by atoms with E-state index in [4.69, 9.17) is 10.5 Å². The lowest BCUT2D eigenvalue weighted by molar-refractivity contribution is 0.206. The Kier molecular flexibility index (Phi) is 2.85. The predicted octanol–water partition coefficient (Wildman–Crippen LogP) is 1.24. The highest BCUT2D eigenvalue weighted by Gasteiger charge is 2.01. The Morgan fingerprint density at radius 2 is 2.25 bits per heavy atom. The Balaban J connectivity index is 2.58. The first-order chi connectivity index (χ1) is 5.72. The summed E-state index contributed by atoms with van der Waals surface area (Å²) in [6.07, 6.45) is 1.12. The Labute approximate surface area is 71.8 Å².